The Balaban J connectivity index is 2.38. The van der Waals surface area contributed by atoms with Gasteiger partial charge in [0.25, 0.3) is 0 Å². The van der Waals surface area contributed by atoms with Gasteiger partial charge in [0.15, 0.2) is 0 Å². The zero-order valence-electron chi connectivity index (χ0n) is 12.3. The molecule has 1 aromatic rings. The second-order valence-electron chi connectivity index (χ2n) is 5.78. The van der Waals surface area contributed by atoms with Gasteiger partial charge in [-0.1, -0.05) is 48.2 Å². The molecule has 112 valence electrons. The lowest BCUT2D eigenvalue weighted by Crippen LogP contribution is -2.25. The van der Waals surface area contributed by atoms with E-state index in [0.29, 0.717) is 10.2 Å². The van der Waals surface area contributed by atoms with Crippen LogP contribution in [-0.4, -0.2) is 14.2 Å². The molecule has 4 heteroatoms. The lowest BCUT2D eigenvalue weighted by Gasteiger charge is -2.38. The minimum absolute atomic E-state index is 0.291. The lowest BCUT2D eigenvalue weighted by atomic mass is 9.72. The molecule has 0 radical (unpaired) electrons. The van der Waals surface area contributed by atoms with E-state index in [-0.39, 0.29) is 0 Å². The predicted molar refractivity (Wildman–Crippen MR) is 90.1 cm³/mol. The largest absolute Gasteiger partial charge is 0.495 e. The van der Waals surface area contributed by atoms with Crippen LogP contribution in [0.2, 0.25) is 0 Å². The normalized spacial score (nSPS) is 19.4. The van der Waals surface area contributed by atoms with Crippen molar-refractivity contribution < 1.29 is 9.47 Å². The first-order chi connectivity index (χ1) is 9.53. The molecular weight excluding hydrogens is 384 g/mol. The third-order valence-electron chi connectivity index (χ3n) is 4.40. The maximum atomic E-state index is 5.62. The summed E-state index contributed by atoms with van der Waals surface area (Å²) in [5, 5.41) is 0. The van der Waals surface area contributed by atoms with Crippen molar-refractivity contribution >= 4 is 31.9 Å². The number of benzene rings is 1. The van der Waals surface area contributed by atoms with Crippen molar-refractivity contribution in [2.45, 2.75) is 43.9 Å². The molecule has 1 atom stereocenters. The molecule has 0 bridgehead atoms. The van der Waals surface area contributed by atoms with E-state index in [1.54, 1.807) is 14.2 Å². The first-order valence-electron chi connectivity index (χ1n) is 7.08. The highest BCUT2D eigenvalue weighted by atomic mass is 79.9. The molecule has 1 fully saturated rings. The van der Waals surface area contributed by atoms with Gasteiger partial charge >= 0.3 is 0 Å². The van der Waals surface area contributed by atoms with Crippen LogP contribution in [0.5, 0.6) is 11.5 Å². The molecule has 0 aliphatic heterocycles. The van der Waals surface area contributed by atoms with E-state index in [1.807, 2.05) is 6.07 Å². The average Bonchev–Trinajstić information content (AvgIpc) is 2.47. The van der Waals surface area contributed by atoms with Crippen LogP contribution in [0.4, 0.5) is 0 Å². The van der Waals surface area contributed by atoms with E-state index in [2.05, 4.69) is 44.8 Å². The minimum Gasteiger partial charge on any atom is -0.495 e. The zero-order valence-corrected chi connectivity index (χ0v) is 15.5. The molecule has 20 heavy (non-hydrogen) atoms. The Hall–Kier alpha value is -0.220. The van der Waals surface area contributed by atoms with Gasteiger partial charge in [-0.15, -0.1) is 0 Å². The number of halogens is 2. The standard InChI is InChI=1S/C16H22Br2O2/c1-16(9-5-4-6-10-16)15(18)11-7-8-12(19-2)13(17)14(11)20-3/h7-8,15H,4-6,9-10H2,1-3H3. The fraction of sp³-hybridized carbons (Fsp3) is 0.625. The van der Waals surface area contributed by atoms with Gasteiger partial charge in [-0.05, 0) is 40.3 Å². The van der Waals surface area contributed by atoms with Crippen LogP contribution in [0.15, 0.2) is 16.6 Å². The van der Waals surface area contributed by atoms with Crippen LogP contribution in [-0.2, 0) is 0 Å². The highest BCUT2D eigenvalue weighted by molar-refractivity contribution is 9.10. The second kappa shape index (κ2) is 6.69. The van der Waals surface area contributed by atoms with Gasteiger partial charge in [0.2, 0.25) is 0 Å². The molecule has 0 N–H and O–H groups in total. The van der Waals surface area contributed by atoms with Crippen molar-refractivity contribution in [3.63, 3.8) is 0 Å². The topological polar surface area (TPSA) is 18.5 Å². The van der Waals surface area contributed by atoms with Crippen LogP contribution >= 0.6 is 31.9 Å². The number of methoxy groups -OCH3 is 2. The molecule has 0 saturated heterocycles. The maximum Gasteiger partial charge on any atom is 0.141 e. The van der Waals surface area contributed by atoms with Gasteiger partial charge in [-0.25, -0.2) is 0 Å². The average molecular weight is 406 g/mol. The summed E-state index contributed by atoms with van der Waals surface area (Å²) < 4.78 is 11.9. The molecule has 1 aromatic carbocycles. The number of hydrogen-bond donors (Lipinski definition) is 0. The maximum absolute atomic E-state index is 5.62. The third-order valence-corrected chi connectivity index (χ3v) is 6.75. The third kappa shape index (κ3) is 3.01. The van der Waals surface area contributed by atoms with Crippen molar-refractivity contribution in [3.8, 4) is 11.5 Å². The smallest absolute Gasteiger partial charge is 0.141 e. The quantitative estimate of drug-likeness (QED) is 0.583. The SMILES string of the molecule is COc1ccc(C(Br)C2(C)CCCCC2)c(OC)c1Br. The van der Waals surface area contributed by atoms with Crippen LogP contribution in [0.25, 0.3) is 0 Å². The molecule has 0 spiro atoms. The highest BCUT2D eigenvalue weighted by Crippen LogP contribution is 2.53. The molecule has 1 aliphatic rings. The van der Waals surface area contributed by atoms with E-state index in [9.17, 15) is 0 Å². The molecule has 2 nitrogen and oxygen atoms in total. The fourth-order valence-corrected chi connectivity index (χ4v) is 4.61. The number of alkyl halides is 1. The molecule has 0 aromatic heterocycles. The summed E-state index contributed by atoms with van der Waals surface area (Å²) in [5.41, 5.74) is 1.49. The Morgan fingerprint density at radius 1 is 1.10 bits per heavy atom. The molecule has 1 aliphatic carbocycles. The first kappa shape index (κ1) is 16.2. The Morgan fingerprint density at radius 3 is 2.30 bits per heavy atom. The van der Waals surface area contributed by atoms with Crippen LogP contribution in [0.1, 0.15) is 49.4 Å². The monoisotopic (exact) mass is 404 g/mol. The Bertz CT molecular complexity index is 468. The van der Waals surface area contributed by atoms with Gasteiger partial charge in [0, 0.05) is 10.4 Å². The highest BCUT2D eigenvalue weighted by Gasteiger charge is 2.36. The predicted octanol–water partition coefficient (Wildman–Crippen LogP) is 5.87. The van der Waals surface area contributed by atoms with E-state index in [0.717, 1.165) is 16.0 Å². The van der Waals surface area contributed by atoms with Gasteiger partial charge in [0.05, 0.1) is 14.2 Å². The van der Waals surface area contributed by atoms with Crippen molar-refractivity contribution in [3.05, 3.63) is 22.2 Å². The number of rotatable bonds is 4. The van der Waals surface area contributed by atoms with Gasteiger partial charge in [-0.3, -0.25) is 0 Å². The summed E-state index contributed by atoms with van der Waals surface area (Å²) in [4.78, 5) is 0.299. The number of ether oxygens (including phenoxy) is 2. The van der Waals surface area contributed by atoms with Crippen molar-refractivity contribution in [2.75, 3.05) is 14.2 Å². The van der Waals surface area contributed by atoms with E-state index in [1.165, 1.54) is 37.7 Å². The zero-order chi connectivity index (χ0) is 14.8. The summed E-state index contributed by atoms with van der Waals surface area (Å²) in [5.74, 6) is 1.68. The molecule has 1 saturated carbocycles. The van der Waals surface area contributed by atoms with E-state index >= 15 is 0 Å². The van der Waals surface area contributed by atoms with E-state index < -0.39 is 0 Å². The summed E-state index contributed by atoms with van der Waals surface area (Å²) in [6.07, 6.45) is 6.51. The second-order valence-corrected chi connectivity index (χ2v) is 7.49. The van der Waals surface area contributed by atoms with Gasteiger partial charge in [-0.2, -0.15) is 0 Å². The van der Waals surface area contributed by atoms with Crippen LogP contribution in [0.3, 0.4) is 0 Å². The summed E-state index contributed by atoms with van der Waals surface area (Å²) >= 11 is 7.53. The lowest BCUT2D eigenvalue weighted by molar-refractivity contribution is 0.210. The first-order valence-corrected chi connectivity index (χ1v) is 8.79. The van der Waals surface area contributed by atoms with Crippen molar-refractivity contribution in [2.24, 2.45) is 5.41 Å². The molecular formula is C16H22Br2O2. The van der Waals surface area contributed by atoms with E-state index in [4.69, 9.17) is 9.47 Å². The Kier molecular flexibility index (Phi) is 5.41. The summed E-state index contributed by atoms with van der Waals surface area (Å²) in [7, 11) is 3.39. The van der Waals surface area contributed by atoms with Gasteiger partial charge in [0.1, 0.15) is 16.0 Å². The van der Waals surface area contributed by atoms with Crippen molar-refractivity contribution in [1.29, 1.82) is 0 Å². The molecule has 1 unspecified atom stereocenters. The molecule has 2 rings (SSSR count). The summed E-state index contributed by atoms with van der Waals surface area (Å²) in [6, 6.07) is 4.12. The number of hydrogen-bond acceptors (Lipinski definition) is 2. The Labute approximate surface area is 138 Å². The summed E-state index contributed by atoms with van der Waals surface area (Å²) in [6.45, 7) is 2.38. The van der Waals surface area contributed by atoms with Crippen LogP contribution in [0, 0.1) is 5.41 Å². The van der Waals surface area contributed by atoms with Gasteiger partial charge < -0.3 is 9.47 Å². The molecule has 0 amide bonds. The fourth-order valence-electron chi connectivity index (χ4n) is 3.11. The van der Waals surface area contributed by atoms with Crippen LogP contribution < -0.4 is 9.47 Å². The van der Waals surface area contributed by atoms with Crippen molar-refractivity contribution in [1.82, 2.24) is 0 Å². The Morgan fingerprint density at radius 2 is 1.75 bits per heavy atom. The molecule has 0 heterocycles. The minimum atomic E-state index is 0.291.